The highest BCUT2D eigenvalue weighted by Gasteiger charge is 2.25. The van der Waals surface area contributed by atoms with Crippen LogP contribution >= 0.6 is 12.4 Å². The van der Waals surface area contributed by atoms with Crippen LogP contribution in [0.2, 0.25) is 0 Å². The summed E-state index contributed by atoms with van der Waals surface area (Å²) in [5.74, 6) is 0.207. The Balaban J connectivity index is 0.00000800. The summed E-state index contributed by atoms with van der Waals surface area (Å²) >= 11 is 0. The quantitative estimate of drug-likeness (QED) is 0.199. The molecule has 0 aliphatic carbocycles. The predicted octanol–water partition coefficient (Wildman–Crippen LogP) is 3.50. The number of amides is 2. The van der Waals surface area contributed by atoms with Crippen molar-refractivity contribution in [2.75, 3.05) is 40.5 Å². The molecule has 2 rings (SSSR count). The van der Waals surface area contributed by atoms with Crippen LogP contribution in [0.1, 0.15) is 55.1 Å². The fourth-order valence-corrected chi connectivity index (χ4v) is 4.20. The summed E-state index contributed by atoms with van der Waals surface area (Å²) in [5.41, 5.74) is 7.52. The molecule has 0 unspecified atom stereocenters. The van der Waals surface area contributed by atoms with Gasteiger partial charge in [0.2, 0.25) is 0 Å². The van der Waals surface area contributed by atoms with E-state index in [1.807, 2.05) is 36.4 Å². The third-order valence-corrected chi connectivity index (χ3v) is 6.73. The number of carbonyl (C=O) groups is 2. The minimum Gasteiger partial charge on any atom is -0.493 e. The van der Waals surface area contributed by atoms with Gasteiger partial charge >= 0.3 is 0 Å². The van der Waals surface area contributed by atoms with Crippen molar-refractivity contribution >= 4 is 24.2 Å². The number of hydrogen-bond acceptors (Lipinski definition) is 7. The van der Waals surface area contributed by atoms with E-state index in [0.29, 0.717) is 37.5 Å². The number of carbonyl (C=O) groups excluding carboxylic acids is 2. The number of rotatable bonds is 18. The molecular weight excluding hydrogens is 534 g/mol. The second-order valence-electron chi connectivity index (χ2n) is 10.00. The molecule has 2 amide bonds. The topological polar surface area (TPSA) is 132 Å². The largest absolute Gasteiger partial charge is 0.493 e. The highest BCUT2D eigenvalue weighted by Crippen LogP contribution is 2.21. The van der Waals surface area contributed by atoms with E-state index in [4.69, 9.17) is 19.9 Å². The first-order valence-electron chi connectivity index (χ1n) is 13.6. The normalized spacial score (nSPS) is 14.0. The van der Waals surface area contributed by atoms with Crippen molar-refractivity contribution in [2.45, 2.75) is 51.4 Å². The Morgan fingerprint density at radius 3 is 2.23 bits per heavy atom. The number of hydrogen-bond donors (Lipinski definition) is 4. The van der Waals surface area contributed by atoms with Crippen molar-refractivity contribution in [1.82, 2.24) is 10.6 Å². The van der Waals surface area contributed by atoms with Crippen LogP contribution in [0.3, 0.4) is 0 Å². The van der Waals surface area contributed by atoms with Gasteiger partial charge < -0.3 is 35.7 Å². The van der Waals surface area contributed by atoms with Crippen molar-refractivity contribution in [3.63, 3.8) is 0 Å². The first-order chi connectivity index (χ1) is 18.8. The van der Waals surface area contributed by atoms with Gasteiger partial charge in [0.05, 0.1) is 18.3 Å². The first-order valence-corrected chi connectivity index (χ1v) is 13.6. The molecule has 0 aliphatic heterocycles. The summed E-state index contributed by atoms with van der Waals surface area (Å²) in [7, 11) is 3.13. The number of aliphatic hydroxyl groups excluding tert-OH is 1. The Labute approximate surface area is 244 Å². The maximum Gasteiger partial charge on any atom is 0.255 e. The van der Waals surface area contributed by atoms with Gasteiger partial charge in [-0.1, -0.05) is 56.3 Å². The lowest BCUT2D eigenvalue weighted by Crippen LogP contribution is -2.46. The van der Waals surface area contributed by atoms with Crippen molar-refractivity contribution in [1.29, 1.82) is 0 Å². The zero-order chi connectivity index (χ0) is 28.6. The van der Waals surface area contributed by atoms with Crippen LogP contribution in [0, 0.1) is 11.8 Å². The number of para-hydroxylation sites is 1. The number of methoxy groups -OCH3 is 2. The van der Waals surface area contributed by atoms with Gasteiger partial charge in [0, 0.05) is 40.0 Å². The molecule has 0 aliphatic rings. The number of unbranched alkanes of at least 4 members (excludes halogenated alkanes) is 1. The summed E-state index contributed by atoms with van der Waals surface area (Å²) in [6.07, 6.45) is 0.463. The summed E-state index contributed by atoms with van der Waals surface area (Å²) in [6.45, 7) is 5.68. The van der Waals surface area contributed by atoms with Crippen LogP contribution in [0.25, 0.3) is 0 Å². The Bertz CT molecular complexity index is 994. The monoisotopic (exact) mass is 579 g/mol. The molecule has 0 heterocycles. The number of halogens is 1. The smallest absolute Gasteiger partial charge is 0.255 e. The standard InChI is InChI=1S/C30H45N3O6.ClH/c1-21(2)23(19-32-29(35)24-14-8-9-15-27(24)39-17-11-10-16-37-3)18-25(31)26(34)20-33-30(36)28(38-4)22-12-6-5-7-13-22;/h5-9,12-15,21,23,25-26,28,34H,10-11,16-20,31H2,1-4H3,(H,32,35)(H,33,36);1H/t23-,25+,26+,28-;/m1./s1. The Hall–Kier alpha value is -2.69. The summed E-state index contributed by atoms with van der Waals surface area (Å²) in [4.78, 5) is 25.6. The number of aliphatic hydroxyl groups is 1. The lowest BCUT2D eigenvalue weighted by atomic mass is 9.87. The van der Waals surface area contributed by atoms with Gasteiger partial charge in [0.15, 0.2) is 6.10 Å². The highest BCUT2D eigenvalue weighted by atomic mass is 35.5. The SMILES string of the molecule is COCCCCOc1ccccc1C(=O)NC[C@@H](C[C@H](N)[C@@H](O)CNC(=O)[C@H](OC)c1ccccc1)C(C)C.Cl. The van der Waals surface area contributed by atoms with Crippen LogP contribution in [-0.4, -0.2) is 69.6 Å². The van der Waals surface area contributed by atoms with E-state index in [0.717, 1.165) is 18.4 Å². The molecule has 40 heavy (non-hydrogen) atoms. The molecule has 224 valence electrons. The van der Waals surface area contributed by atoms with Crippen LogP contribution < -0.4 is 21.1 Å². The van der Waals surface area contributed by atoms with Gasteiger partial charge in [-0.2, -0.15) is 0 Å². The van der Waals surface area contributed by atoms with Crippen LogP contribution in [0.15, 0.2) is 54.6 Å². The van der Waals surface area contributed by atoms with Gasteiger partial charge in [0.1, 0.15) is 5.75 Å². The van der Waals surface area contributed by atoms with Gasteiger partial charge in [-0.15, -0.1) is 12.4 Å². The summed E-state index contributed by atoms with van der Waals surface area (Å²) < 4.78 is 16.2. The molecular formula is C30H46ClN3O6. The van der Waals surface area contributed by atoms with Crippen molar-refractivity contribution in [2.24, 2.45) is 17.6 Å². The van der Waals surface area contributed by atoms with Crippen LogP contribution in [0.4, 0.5) is 0 Å². The van der Waals surface area contributed by atoms with E-state index >= 15 is 0 Å². The van der Waals surface area contributed by atoms with Gasteiger partial charge in [-0.25, -0.2) is 0 Å². The van der Waals surface area contributed by atoms with Crippen molar-refractivity contribution in [3.05, 3.63) is 65.7 Å². The third kappa shape index (κ3) is 11.8. The average molecular weight is 580 g/mol. The lowest BCUT2D eigenvalue weighted by Gasteiger charge is -2.28. The molecule has 0 spiro atoms. The number of nitrogens with two attached hydrogens (primary N) is 1. The maximum absolute atomic E-state index is 13.0. The van der Waals surface area contributed by atoms with E-state index in [2.05, 4.69) is 24.5 Å². The number of benzene rings is 2. The van der Waals surface area contributed by atoms with E-state index < -0.39 is 18.2 Å². The third-order valence-electron chi connectivity index (χ3n) is 6.73. The Kier molecular flexibility index (Phi) is 17.1. The van der Waals surface area contributed by atoms with E-state index in [-0.39, 0.29) is 42.6 Å². The molecule has 0 aromatic heterocycles. The molecule has 2 aromatic rings. The number of ether oxygens (including phenoxy) is 3. The minimum absolute atomic E-state index is 0. The molecule has 0 saturated heterocycles. The molecule has 0 saturated carbocycles. The molecule has 10 heteroatoms. The van der Waals surface area contributed by atoms with Crippen LogP contribution in [-0.2, 0) is 14.3 Å². The van der Waals surface area contributed by atoms with Gasteiger partial charge in [-0.3, -0.25) is 9.59 Å². The van der Waals surface area contributed by atoms with E-state index in [1.165, 1.54) is 7.11 Å². The Morgan fingerprint density at radius 1 is 0.925 bits per heavy atom. The lowest BCUT2D eigenvalue weighted by molar-refractivity contribution is -0.132. The molecule has 0 bridgehead atoms. The molecule has 2 aromatic carbocycles. The van der Waals surface area contributed by atoms with Gasteiger partial charge in [-0.05, 0) is 48.8 Å². The second-order valence-corrected chi connectivity index (χ2v) is 10.00. The van der Waals surface area contributed by atoms with Gasteiger partial charge in [0.25, 0.3) is 11.8 Å². The van der Waals surface area contributed by atoms with E-state index in [1.54, 1.807) is 25.3 Å². The van der Waals surface area contributed by atoms with E-state index in [9.17, 15) is 14.7 Å². The summed E-state index contributed by atoms with van der Waals surface area (Å²) in [6, 6.07) is 15.7. The van der Waals surface area contributed by atoms with Crippen molar-refractivity contribution in [3.8, 4) is 5.75 Å². The second kappa shape index (κ2) is 19.4. The molecule has 4 atom stereocenters. The van der Waals surface area contributed by atoms with Crippen molar-refractivity contribution < 1.29 is 28.9 Å². The highest BCUT2D eigenvalue weighted by molar-refractivity contribution is 5.96. The molecule has 9 nitrogen and oxygen atoms in total. The molecule has 5 N–H and O–H groups in total. The maximum atomic E-state index is 13.0. The number of nitrogens with one attached hydrogen (secondary N) is 2. The Morgan fingerprint density at radius 2 is 1.57 bits per heavy atom. The molecule has 0 radical (unpaired) electrons. The van der Waals surface area contributed by atoms with Crippen LogP contribution in [0.5, 0.6) is 5.75 Å². The fraction of sp³-hybridized carbons (Fsp3) is 0.533. The fourth-order valence-electron chi connectivity index (χ4n) is 4.20. The summed E-state index contributed by atoms with van der Waals surface area (Å²) in [5, 5.41) is 16.4. The average Bonchev–Trinajstić information content (AvgIpc) is 2.94. The zero-order valence-electron chi connectivity index (χ0n) is 24.0. The predicted molar refractivity (Wildman–Crippen MR) is 159 cm³/mol. The minimum atomic E-state index is -0.952. The zero-order valence-corrected chi connectivity index (χ0v) is 24.8. The first kappa shape index (κ1) is 35.3. The molecule has 0 fully saturated rings.